The number of rotatable bonds is 4. The summed E-state index contributed by atoms with van der Waals surface area (Å²) in [7, 11) is 0. The van der Waals surface area contributed by atoms with Gasteiger partial charge in [0.15, 0.2) is 0 Å². The molecule has 2 aromatic carbocycles. The van der Waals surface area contributed by atoms with E-state index >= 15 is 0 Å². The molecule has 0 saturated carbocycles. The lowest BCUT2D eigenvalue weighted by Gasteiger charge is -2.00. The van der Waals surface area contributed by atoms with Crippen LogP contribution in [0.2, 0.25) is 0 Å². The summed E-state index contributed by atoms with van der Waals surface area (Å²) in [6.07, 6.45) is 4.35. The molecule has 0 aliphatic rings. The summed E-state index contributed by atoms with van der Waals surface area (Å²) >= 11 is 5.38. The van der Waals surface area contributed by atoms with Crippen LogP contribution in [0, 0.1) is 0 Å². The summed E-state index contributed by atoms with van der Waals surface area (Å²) in [5.41, 5.74) is 1.25. The van der Waals surface area contributed by atoms with Gasteiger partial charge in [0.05, 0.1) is 0 Å². The van der Waals surface area contributed by atoms with Crippen LogP contribution < -0.4 is 0 Å². The molecule has 0 nitrogen and oxygen atoms in total. The first-order chi connectivity index (χ1) is 8.36. The first-order valence-electron chi connectivity index (χ1n) is 5.45. The molecule has 86 valence electrons. The van der Waals surface area contributed by atoms with Crippen LogP contribution in [0.4, 0.5) is 0 Å². The maximum atomic E-state index is 3.55. The van der Waals surface area contributed by atoms with E-state index in [1.165, 1.54) is 10.5 Å². The van der Waals surface area contributed by atoms with E-state index in [0.717, 1.165) is 10.2 Å². The Bertz CT molecular complexity index is 491. The average Bonchev–Trinajstić information content (AvgIpc) is 2.38. The standard InChI is InChI=1S/C15H13BrS/c16-14-10-4-5-11-15(14)17-12-6-9-13-7-2-1-3-8-13/h1-11H,12H2/b9-6+. The fourth-order valence-electron chi connectivity index (χ4n) is 1.45. The van der Waals surface area contributed by atoms with Gasteiger partial charge in [-0.15, -0.1) is 11.8 Å². The average molecular weight is 305 g/mol. The normalized spacial score (nSPS) is 10.9. The monoisotopic (exact) mass is 304 g/mol. The predicted molar refractivity (Wildman–Crippen MR) is 80.3 cm³/mol. The highest BCUT2D eigenvalue weighted by Crippen LogP contribution is 2.26. The smallest absolute Gasteiger partial charge is 0.0311 e. The van der Waals surface area contributed by atoms with Crippen molar-refractivity contribution >= 4 is 33.8 Å². The van der Waals surface area contributed by atoms with Crippen molar-refractivity contribution in [3.63, 3.8) is 0 Å². The summed E-state index contributed by atoms with van der Waals surface area (Å²) in [5.74, 6) is 0.984. The number of hydrogen-bond acceptors (Lipinski definition) is 1. The Kier molecular flexibility index (Phi) is 4.89. The Morgan fingerprint density at radius 1 is 0.941 bits per heavy atom. The van der Waals surface area contributed by atoms with Gasteiger partial charge in [-0.25, -0.2) is 0 Å². The van der Waals surface area contributed by atoms with Crippen molar-refractivity contribution in [3.05, 3.63) is 70.7 Å². The van der Waals surface area contributed by atoms with E-state index in [4.69, 9.17) is 0 Å². The van der Waals surface area contributed by atoms with Gasteiger partial charge in [0, 0.05) is 15.1 Å². The van der Waals surface area contributed by atoms with E-state index in [9.17, 15) is 0 Å². The van der Waals surface area contributed by atoms with Crippen LogP contribution >= 0.6 is 27.7 Å². The van der Waals surface area contributed by atoms with E-state index in [0.29, 0.717) is 0 Å². The molecule has 2 aromatic rings. The predicted octanol–water partition coefficient (Wildman–Crippen LogP) is 5.25. The molecule has 0 bridgehead atoms. The number of halogens is 1. The number of benzene rings is 2. The van der Waals surface area contributed by atoms with Crippen molar-refractivity contribution < 1.29 is 0 Å². The Balaban J connectivity index is 1.88. The molecule has 0 aliphatic heterocycles. The van der Waals surface area contributed by atoms with Crippen molar-refractivity contribution in [3.8, 4) is 0 Å². The third-order valence-electron chi connectivity index (χ3n) is 2.28. The minimum Gasteiger partial charge on any atom is -0.121 e. The molecule has 0 aromatic heterocycles. The van der Waals surface area contributed by atoms with Crippen LogP contribution in [0.15, 0.2) is 70.0 Å². The van der Waals surface area contributed by atoms with Gasteiger partial charge < -0.3 is 0 Å². The summed E-state index contributed by atoms with van der Waals surface area (Å²) in [5, 5.41) is 0. The van der Waals surface area contributed by atoms with E-state index in [2.05, 4.69) is 70.5 Å². The molecule has 0 amide bonds. The van der Waals surface area contributed by atoms with E-state index < -0.39 is 0 Å². The summed E-state index contributed by atoms with van der Waals surface area (Å²) in [6, 6.07) is 18.7. The molecule has 0 atom stereocenters. The maximum Gasteiger partial charge on any atom is 0.0311 e. The summed E-state index contributed by atoms with van der Waals surface area (Å²) < 4.78 is 1.16. The van der Waals surface area contributed by atoms with Crippen LogP contribution in [-0.4, -0.2) is 5.75 Å². The highest BCUT2D eigenvalue weighted by atomic mass is 79.9. The van der Waals surface area contributed by atoms with Crippen molar-refractivity contribution in [2.75, 3.05) is 5.75 Å². The van der Waals surface area contributed by atoms with Gasteiger partial charge in [-0.2, -0.15) is 0 Å². The maximum absolute atomic E-state index is 3.55. The largest absolute Gasteiger partial charge is 0.121 e. The lowest BCUT2D eigenvalue weighted by molar-refractivity contribution is 1.41. The Hall–Kier alpha value is -0.990. The molecule has 17 heavy (non-hydrogen) atoms. The van der Waals surface area contributed by atoms with Crippen molar-refractivity contribution in [2.45, 2.75) is 4.90 Å². The highest BCUT2D eigenvalue weighted by Gasteiger charge is 1.96. The lowest BCUT2D eigenvalue weighted by atomic mass is 10.2. The topological polar surface area (TPSA) is 0 Å². The second-order valence-electron chi connectivity index (χ2n) is 3.55. The molecule has 0 saturated heterocycles. The van der Waals surface area contributed by atoms with Gasteiger partial charge in [0.1, 0.15) is 0 Å². The Morgan fingerprint density at radius 2 is 1.65 bits per heavy atom. The fourth-order valence-corrected chi connectivity index (χ4v) is 2.83. The lowest BCUT2D eigenvalue weighted by Crippen LogP contribution is -1.76. The second-order valence-corrected chi connectivity index (χ2v) is 5.47. The molecule has 2 rings (SSSR count). The Labute approximate surface area is 115 Å². The first-order valence-corrected chi connectivity index (χ1v) is 7.23. The highest BCUT2D eigenvalue weighted by molar-refractivity contribution is 9.10. The second kappa shape index (κ2) is 6.67. The summed E-state index contributed by atoms with van der Waals surface area (Å²) in [4.78, 5) is 1.28. The Morgan fingerprint density at radius 3 is 2.41 bits per heavy atom. The third-order valence-corrected chi connectivity index (χ3v) is 4.26. The van der Waals surface area contributed by atoms with Crippen LogP contribution in [-0.2, 0) is 0 Å². The zero-order chi connectivity index (χ0) is 11.9. The molecule has 0 radical (unpaired) electrons. The van der Waals surface area contributed by atoms with E-state index in [-0.39, 0.29) is 0 Å². The summed E-state index contributed by atoms with van der Waals surface area (Å²) in [6.45, 7) is 0. The minimum absolute atomic E-state index is 0.984. The number of hydrogen-bond donors (Lipinski definition) is 0. The van der Waals surface area contributed by atoms with E-state index in [1.807, 2.05) is 23.9 Å². The fraction of sp³-hybridized carbons (Fsp3) is 0.0667. The van der Waals surface area contributed by atoms with Crippen LogP contribution in [0.1, 0.15) is 5.56 Å². The molecule has 0 N–H and O–H groups in total. The van der Waals surface area contributed by atoms with Gasteiger partial charge in [0.25, 0.3) is 0 Å². The van der Waals surface area contributed by atoms with Crippen molar-refractivity contribution in [1.82, 2.24) is 0 Å². The van der Waals surface area contributed by atoms with Crippen molar-refractivity contribution in [2.24, 2.45) is 0 Å². The third kappa shape index (κ3) is 4.06. The molecule has 0 fully saturated rings. The quantitative estimate of drug-likeness (QED) is 0.695. The van der Waals surface area contributed by atoms with Gasteiger partial charge >= 0.3 is 0 Å². The van der Waals surface area contributed by atoms with Gasteiger partial charge in [-0.3, -0.25) is 0 Å². The molecular formula is C15H13BrS. The SMILES string of the molecule is Brc1ccccc1SC/C=C/c1ccccc1. The van der Waals surface area contributed by atoms with Gasteiger partial charge in [-0.1, -0.05) is 54.6 Å². The molecule has 0 spiro atoms. The van der Waals surface area contributed by atoms with E-state index in [1.54, 1.807) is 0 Å². The van der Waals surface area contributed by atoms with Crippen LogP contribution in [0.5, 0.6) is 0 Å². The van der Waals surface area contributed by atoms with Crippen LogP contribution in [0.3, 0.4) is 0 Å². The molecule has 0 heterocycles. The molecule has 0 unspecified atom stereocenters. The minimum atomic E-state index is 0.984. The zero-order valence-corrected chi connectivity index (χ0v) is 11.7. The molecule has 0 aliphatic carbocycles. The number of thioether (sulfide) groups is 1. The van der Waals surface area contributed by atoms with Gasteiger partial charge in [0.2, 0.25) is 0 Å². The molecule has 2 heteroatoms. The zero-order valence-electron chi connectivity index (χ0n) is 9.34. The van der Waals surface area contributed by atoms with Gasteiger partial charge in [-0.05, 0) is 33.6 Å². The molecular weight excluding hydrogens is 292 g/mol. The van der Waals surface area contributed by atoms with Crippen molar-refractivity contribution in [1.29, 1.82) is 0 Å². The van der Waals surface area contributed by atoms with Crippen LogP contribution in [0.25, 0.3) is 6.08 Å². The first kappa shape index (κ1) is 12.5.